The van der Waals surface area contributed by atoms with Gasteiger partial charge >= 0.3 is 0 Å². The molecule has 6 nitrogen and oxygen atoms in total. The van der Waals surface area contributed by atoms with E-state index in [0.29, 0.717) is 19.4 Å². The zero-order valence-electron chi connectivity index (χ0n) is 16.5. The molecule has 0 bridgehead atoms. The van der Waals surface area contributed by atoms with Crippen molar-refractivity contribution in [1.82, 2.24) is 9.73 Å². The number of carbonyl (C=O) groups excluding carboxylic acids is 1. The highest BCUT2D eigenvalue weighted by atomic mass is 32.2. The van der Waals surface area contributed by atoms with E-state index in [2.05, 4.69) is 16.6 Å². The number of sulfonamides is 1. The van der Waals surface area contributed by atoms with Gasteiger partial charge in [-0.2, -0.15) is 9.41 Å². The summed E-state index contributed by atoms with van der Waals surface area (Å²) in [5.74, 6) is -0.615. The maximum Gasteiger partial charge on any atom is 0.244 e. The average molecular weight is 412 g/mol. The Morgan fingerprint density at radius 3 is 2.66 bits per heavy atom. The van der Waals surface area contributed by atoms with Crippen LogP contribution in [0.1, 0.15) is 36.0 Å². The summed E-state index contributed by atoms with van der Waals surface area (Å²) in [6, 6.07) is 14.9. The Morgan fingerprint density at radius 1 is 1.10 bits per heavy atom. The zero-order valence-corrected chi connectivity index (χ0v) is 17.3. The number of aryl methyl sites for hydroxylation is 2. The maximum atomic E-state index is 12.9. The van der Waals surface area contributed by atoms with Crippen molar-refractivity contribution < 1.29 is 13.2 Å². The molecule has 7 heteroatoms. The number of nitrogens with one attached hydrogen (secondary N) is 1. The second-order valence-corrected chi connectivity index (χ2v) is 9.64. The van der Waals surface area contributed by atoms with E-state index in [1.165, 1.54) is 9.87 Å². The van der Waals surface area contributed by atoms with Crippen LogP contribution in [0.3, 0.4) is 0 Å². The standard InChI is InChI=1S/C22H25N3O3S/c1-16-8-11-19(12-9-16)29(27,28)25-14-4-6-18(15-25)22(26)24-23-21-13-10-17-5-2-3-7-20(17)21/h2-3,5,7-9,11-12,18H,4,6,10,13-15H2,1H3,(H,24,26)/b23-21-/t18-/m1/s1. The van der Waals surface area contributed by atoms with Gasteiger partial charge in [-0.3, -0.25) is 4.79 Å². The fourth-order valence-electron chi connectivity index (χ4n) is 3.97. The minimum atomic E-state index is -3.60. The minimum Gasteiger partial charge on any atom is -0.273 e. The van der Waals surface area contributed by atoms with E-state index < -0.39 is 15.9 Å². The smallest absolute Gasteiger partial charge is 0.244 e. The number of carbonyl (C=O) groups is 1. The molecule has 2 aromatic rings. The van der Waals surface area contributed by atoms with Crippen molar-refractivity contribution in [1.29, 1.82) is 0 Å². The van der Waals surface area contributed by atoms with Gasteiger partial charge in [-0.25, -0.2) is 13.8 Å². The summed E-state index contributed by atoms with van der Waals surface area (Å²) in [6.45, 7) is 2.54. The molecule has 1 aliphatic carbocycles. The van der Waals surface area contributed by atoms with Crippen LogP contribution in [0.15, 0.2) is 58.5 Å². The second-order valence-electron chi connectivity index (χ2n) is 7.71. The van der Waals surface area contributed by atoms with Crippen LogP contribution < -0.4 is 5.43 Å². The van der Waals surface area contributed by atoms with Crippen LogP contribution in [-0.4, -0.2) is 37.4 Å². The first-order chi connectivity index (χ1) is 13.9. The highest BCUT2D eigenvalue weighted by molar-refractivity contribution is 7.89. The molecule has 1 heterocycles. The van der Waals surface area contributed by atoms with Crippen molar-refractivity contribution in [2.75, 3.05) is 13.1 Å². The molecule has 1 fully saturated rings. The van der Waals surface area contributed by atoms with Crippen molar-refractivity contribution in [2.24, 2.45) is 11.0 Å². The van der Waals surface area contributed by atoms with Crippen molar-refractivity contribution in [3.05, 3.63) is 65.2 Å². The van der Waals surface area contributed by atoms with Gasteiger partial charge in [0.1, 0.15) is 0 Å². The van der Waals surface area contributed by atoms with Gasteiger partial charge < -0.3 is 0 Å². The van der Waals surface area contributed by atoms with Crippen LogP contribution in [-0.2, 0) is 21.2 Å². The molecule has 152 valence electrons. The lowest BCUT2D eigenvalue weighted by Crippen LogP contribution is -2.44. The topological polar surface area (TPSA) is 78.8 Å². The quantitative estimate of drug-likeness (QED) is 0.786. The highest BCUT2D eigenvalue weighted by Crippen LogP contribution is 2.25. The van der Waals surface area contributed by atoms with Crippen LogP contribution in [0, 0.1) is 12.8 Å². The number of amides is 1. The molecule has 0 aromatic heterocycles. The number of hydrogen-bond donors (Lipinski definition) is 1. The number of rotatable bonds is 4. The van der Waals surface area contributed by atoms with Crippen LogP contribution in [0.4, 0.5) is 0 Å². The van der Waals surface area contributed by atoms with Crippen LogP contribution in [0.25, 0.3) is 0 Å². The summed E-state index contributed by atoms with van der Waals surface area (Å²) in [6.07, 6.45) is 3.05. The Labute approximate surface area is 171 Å². The molecule has 0 spiro atoms. The van der Waals surface area contributed by atoms with Gasteiger partial charge in [0, 0.05) is 18.7 Å². The molecule has 29 heavy (non-hydrogen) atoms. The first-order valence-corrected chi connectivity index (χ1v) is 11.4. The van der Waals surface area contributed by atoms with E-state index >= 15 is 0 Å². The number of benzene rings is 2. The molecule has 1 N–H and O–H groups in total. The predicted octanol–water partition coefficient (Wildman–Crippen LogP) is 2.86. The van der Waals surface area contributed by atoms with E-state index in [9.17, 15) is 13.2 Å². The van der Waals surface area contributed by atoms with Crippen molar-refractivity contribution in [2.45, 2.75) is 37.5 Å². The lowest BCUT2D eigenvalue weighted by molar-refractivity contribution is -0.126. The Bertz CT molecular complexity index is 1050. The van der Waals surface area contributed by atoms with E-state index in [0.717, 1.165) is 29.7 Å². The number of nitrogens with zero attached hydrogens (tertiary/aromatic N) is 2. The molecule has 0 saturated carbocycles. The SMILES string of the molecule is Cc1ccc(S(=O)(=O)N2CCC[C@@H](C(=O)N/N=C3/CCc4ccccc43)C2)cc1. The third-order valence-electron chi connectivity index (χ3n) is 5.67. The number of piperidine rings is 1. The number of hydrazone groups is 1. The van der Waals surface area contributed by atoms with Gasteiger partial charge in [-0.1, -0.05) is 42.0 Å². The first kappa shape index (κ1) is 19.8. The summed E-state index contributed by atoms with van der Waals surface area (Å²) in [4.78, 5) is 13.0. The van der Waals surface area contributed by atoms with Crippen molar-refractivity contribution >= 4 is 21.6 Å². The Morgan fingerprint density at radius 2 is 1.86 bits per heavy atom. The lowest BCUT2D eigenvalue weighted by atomic mass is 9.99. The second kappa shape index (κ2) is 8.08. The average Bonchev–Trinajstić information content (AvgIpc) is 3.15. The van der Waals surface area contributed by atoms with E-state index in [-0.39, 0.29) is 17.3 Å². The fraction of sp³-hybridized carbons (Fsp3) is 0.364. The molecular weight excluding hydrogens is 386 g/mol. The Hall–Kier alpha value is -2.51. The summed E-state index contributed by atoms with van der Waals surface area (Å²) in [7, 11) is -3.60. The number of hydrogen-bond acceptors (Lipinski definition) is 4. The van der Waals surface area contributed by atoms with Gasteiger partial charge in [0.2, 0.25) is 15.9 Å². The Kier molecular flexibility index (Phi) is 5.52. The normalized spacial score (nSPS) is 21.1. The molecular formula is C22H25N3O3S. The predicted molar refractivity (Wildman–Crippen MR) is 112 cm³/mol. The third kappa shape index (κ3) is 4.11. The van der Waals surface area contributed by atoms with Gasteiger partial charge in [0.05, 0.1) is 16.5 Å². The molecule has 1 atom stereocenters. The first-order valence-electron chi connectivity index (χ1n) is 9.96. The molecule has 4 rings (SSSR count). The molecule has 2 aromatic carbocycles. The maximum absolute atomic E-state index is 12.9. The van der Waals surface area contributed by atoms with Crippen LogP contribution in [0.5, 0.6) is 0 Å². The molecule has 0 unspecified atom stereocenters. The summed E-state index contributed by atoms with van der Waals surface area (Å²) in [5.41, 5.74) is 6.90. The fourth-order valence-corrected chi connectivity index (χ4v) is 5.50. The van der Waals surface area contributed by atoms with Crippen molar-refractivity contribution in [3.63, 3.8) is 0 Å². The van der Waals surface area contributed by atoms with Crippen molar-refractivity contribution in [3.8, 4) is 0 Å². The van der Waals surface area contributed by atoms with Gasteiger partial charge in [-0.15, -0.1) is 0 Å². The summed E-state index contributed by atoms with van der Waals surface area (Å²) in [5, 5.41) is 4.34. The van der Waals surface area contributed by atoms with Crippen LogP contribution >= 0.6 is 0 Å². The lowest BCUT2D eigenvalue weighted by Gasteiger charge is -2.30. The van der Waals surface area contributed by atoms with E-state index in [4.69, 9.17) is 0 Å². The molecule has 2 aliphatic rings. The van der Waals surface area contributed by atoms with Gasteiger partial charge in [-0.05, 0) is 50.3 Å². The molecule has 1 amide bonds. The Balaban J connectivity index is 1.44. The highest BCUT2D eigenvalue weighted by Gasteiger charge is 2.33. The minimum absolute atomic E-state index is 0.184. The zero-order chi connectivity index (χ0) is 20.4. The van der Waals surface area contributed by atoms with Gasteiger partial charge in [0.15, 0.2) is 0 Å². The monoisotopic (exact) mass is 411 g/mol. The summed E-state index contributed by atoms with van der Waals surface area (Å²) < 4.78 is 27.3. The van der Waals surface area contributed by atoms with Gasteiger partial charge in [0.25, 0.3) is 0 Å². The van der Waals surface area contributed by atoms with E-state index in [1.807, 2.05) is 25.1 Å². The third-order valence-corrected chi connectivity index (χ3v) is 7.55. The number of fused-ring (bicyclic) bond motifs is 1. The molecule has 1 aliphatic heterocycles. The van der Waals surface area contributed by atoms with E-state index in [1.54, 1.807) is 24.3 Å². The van der Waals surface area contributed by atoms with Crippen LogP contribution in [0.2, 0.25) is 0 Å². The molecule has 1 saturated heterocycles. The largest absolute Gasteiger partial charge is 0.273 e. The summed E-state index contributed by atoms with van der Waals surface area (Å²) >= 11 is 0. The molecule has 0 radical (unpaired) electrons.